The Labute approximate surface area is 242 Å². The van der Waals surface area contributed by atoms with Crippen LogP contribution in [0.25, 0.3) is 11.0 Å². The van der Waals surface area contributed by atoms with Crippen molar-refractivity contribution in [3.8, 4) is 5.75 Å². The van der Waals surface area contributed by atoms with Crippen LogP contribution in [0.4, 0.5) is 0 Å². The van der Waals surface area contributed by atoms with Gasteiger partial charge in [0.25, 0.3) is 0 Å². The average Bonchev–Trinajstić information content (AvgIpc) is 3.23. The fourth-order valence-electron chi connectivity index (χ4n) is 6.05. The van der Waals surface area contributed by atoms with Gasteiger partial charge in [0.05, 0.1) is 17.5 Å². The van der Waals surface area contributed by atoms with Gasteiger partial charge in [-0.15, -0.1) is 5.10 Å². The van der Waals surface area contributed by atoms with E-state index in [9.17, 15) is 4.79 Å². The molecule has 0 amide bonds. The Kier molecular flexibility index (Phi) is 8.13. The molecule has 1 aliphatic rings. The van der Waals surface area contributed by atoms with Gasteiger partial charge in [-0.2, -0.15) is 0 Å². The summed E-state index contributed by atoms with van der Waals surface area (Å²) < 4.78 is 13.7. The molecule has 0 bridgehead atoms. The van der Waals surface area contributed by atoms with E-state index in [1.165, 1.54) is 11.1 Å². The number of ether oxygens (including phenoxy) is 2. The molecule has 5 rings (SSSR count). The molecule has 0 N–H and O–H groups in total. The first-order chi connectivity index (χ1) is 19.6. The number of aromatic nitrogens is 4. The van der Waals surface area contributed by atoms with Crippen LogP contribution in [0.2, 0.25) is 0 Å². The van der Waals surface area contributed by atoms with Crippen LogP contribution in [0.5, 0.6) is 5.75 Å². The number of esters is 1. The van der Waals surface area contributed by atoms with Crippen molar-refractivity contribution in [2.24, 2.45) is 12.5 Å². The molecule has 0 unspecified atom stereocenters. The molecule has 0 saturated carbocycles. The summed E-state index contributed by atoms with van der Waals surface area (Å²) >= 11 is 0. The third-order valence-corrected chi connectivity index (χ3v) is 8.48. The quantitative estimate of drug-likeness (QED) is 0.251. The average molecular weight is 556 g/mol. The third kappa shape index (κ3) is 5.58. The summed E-state index contributed by atoms with van der Waals surface area (Å²) in [5.74, 6) is 0.462. The lowest BCUT2D eigenvalue weighted by Gasteiger charge is -2.34. The number of pyridine rings is 1. The summed E-state index contributed by atoms with van der Waals surface area (Å²) in [5.41, 5.74) is 7.70. The SMILES string of the molecule is CCOC(=O)C(C)(C)[C@@H](c1ccc(C)c(CN2Cc3cnccc3O[C@H](CC)C2)c1)c1ccc2c(nnn2C)c1C. The van der Waals surface area contributed by atoms with Gasteiger partial charge in [0.1, 0.15) is 17.4 Å². The van der Waals surface area contributed by atoms with Crippen LogP contribution >= 0.6 is 0 Å². The van der Waals surface area contributed by atoms with Crippen molar-refractivity contribution in [1.82, 2.24) is 24.9 Å². The lowest BCUT2D eigenvalue weighted by molar-refractivity contribution is -0.154. The molecule has 0 fully saturated rings. The zero-order chi connectivity index (χ0) is 29.3. The van der Waals surface area contributed by atoms with Gasteiger partial charge in [0, 0.05) is 50.6 Å². The Balaban J connectivity index is 1.57. The first-order valence-electron chi connectivity index (χ1n) is 14.5. The van der Waals surface area contributed by atoms with Crippen LogP contribution in [0.15, 0.2) is 48.8 Å². The largest absolute Gasteiger partial charge is 0.489 e. The first-order valence-corrected chi connectivity index (χ1v) is 14.5. The fourth-order valence-corrected chi connectivity index (χ4v) is 6.05. The maximum Gasteiger partial charge on any atom is 0.312 e. The van der Waals surface area contributed by atoms with Crippen LogP contribution in [0.3, 0.4) is 0 Å². The van der Waals surface area contributed by atoms with E-state index in [1.807, 2.05) is 40.1 Å². The molecule has 2 aromatic heterocycles. The van der Waals surface area contributed by atoms with Crippen molar-refractivity contribution in [3.05, 3.63) is 82.2 Å². The Morgan fingerprint density at radius 3 is 2.73 bits per heavy atom. The van der Waals surface area contributed by atoms with Gasteiger partial charge in [-0.3, -0.25) is 14.7 Å². The van der Waals surface area contributed by atoms with Gasteiger partial charge < -0.3 is 9.47 Å². The van der Waals surface area contributed by atoms with E-state index in [2.05, 4.69) is 71.3 Å². The van der Waals surface area contributed by atoms with Crippen LogP contribution in [0.1, 0.15) is 73.4 Å². The maximum absolute atomic E-state index is 13.4. The monoisotopic (exact) mass is 555 g/mol. The van der Waals surface area contributed by atoms with E-state index in [0.717, 1.165) is 65.1 Å². The standard InChI is InChI=1S/C33H41N5O3/c1-8-26-20-38(19-25-17-34-15-14-29(25)41-26)18-24-16-23(11-10-21(24)3)30(33(5,6)32(39)40-9-2)27-12-13-28-31(22(27)4)35-36-37(28)7/h10-17,26,30H,8-9,18-20H2,1-7H3/t26-,30+/m1/s1. The number of benzene rings is 2. The van der Waals surface area contributed by atoms with E-state index in [1.54, 1.807) is 10.9 Å². The predicted octanol–water partition coefficient (Wildman–Crippen LogP) is 5.87. The molecule has 0 saturated heterocycles. The first kappa shape index (κ1) is 28.7. The summed E-state index contributed by atoms with van der Waals surface area (Å²) in [6.07, 6.45) is 4.74. The van der Waals surface area contributed by atoms with E-state index < -0.39 is 5.41 Å². The van der Waals surface area contributed by atoms with Crippen molar-refractivity contribution in [1.29, 1.82) is 0 Å². The Hall–Kier alpha value is -3.78. The van der Waals surface area contributed by atoms with Crippen LogP contribution in [-0.4, -0.2) is 50.1 Å². The minimum atomic E-state index is -0.822. The van der Waals surface area contributed by atoms with Gasteiger partial charge in [0.2, 0.25) is 0 Å². The third-order valence-electron chi connectivity index (χ3n) is 8.48. The van der Waals surface area contributed by atoms with Crippen molar-refractivity contribution in [2.45, 2.75) is 73.1 Å². The number of fused-ring (bicyclic) bond motifs is 2. The second kappa shape index (κ2) is 11.6. The predicted molar refractivity (Wildman–Crippen MR) is 160 cm³/mol. The topological polar surface area (TPSA) is 82.4 Å². The Morgan fingerprint density at radius 2 is 1.98 bits per heavy atom. The highest BCUT2D eigenvalue weighted by atomic mass is 16.5. The number of hydrogen-bond acceptors (Lipinski definition) is 7. The zero-order valence-corrected chi connectivity index (χ0v) is 25.3. The zero-order valence-electron chi connectivity index (χ0n) is 25.3. The van der Waals surface area contributed by atoms with Gasteiger partial charge in [-0.05, 0) is 81.0 Å². The normalized spacial score (nSPS) is 16.6. The van der Waals surface area contributed by atoms with Gasteiger partial charge in [-0.1, -0.05) is 36.4 Å². The molecule has 0 spiro atoms. The molecule has 41 heavy (non-hydrogen) atoms. The summed E-state index contributed by atoms with van der Waals surface area (Å²) in [4.78, 5) is 20.2. The highest BCUT2D eigenvalue weighted by molar-refractivity contribution is 5.82. The number of rotatable bonds is 8. The van der Waals surface area contributed by atoms with E-state index in [4.69, 9.17) is 9.47 Å². The van der Waals surface area contributed by atoms with Crippen molar-refractivity contribution in [3.63, 3.8) is 0 Å². The summed E-state index contributed by atoms with van der Waals surface area (Å²) in [6, 6.07) is 12.7. The smallest absolute Gasteiger partial charge is 0.312 e. The van der Waals surface area contributed by atoms with Gasteiger partial charge in [-0.25, -0.2) is 4.68 Å². The fraction of sp³-hybridized carbons (Fsp3) is 0.455. The van der Waals surface area contributed by atoms with Gasteiger partial charge >= 0.3 is 5.97 Å². The summed E-state index contributed by atoms with van der Waals surface area (Å²) in [6.45, 7) is 14.9. The molecule has 0 radical (unpaired) electrons. The lowest BCUT2D eigenvalue weighted by Crippen LogP contribution is -2.35. The maximum atomic E-state index is 13.4. The molecule has 216 valence electrons. The van der Waals surface area contributed by atoms with Crippen LogP contribution in [0, 0.1) is 19.3 Å². The second-order valence-electron chi connectivity index (χ2n) is 11.7. The number of hydrogen-bond donors (Lipinski definition) is 0. The molecule has 2 aromatic carbocycles. The molecule has 0 aliphatic carbocycles. The van der Waals surface area contributed by atoms with Crippen LogP contribution in [-0.2, 0) is 29.7 Å². The Morgan fingerprint density at radius 1 is 1.17 bits per heavy atom. The minimum absolute atomic E-state index is 0.110. The van der Waals surface area contributed by atoms with Crippen molar-refractivity contribution in [2.75, 3.05) is 13.2 Å². The van der Waals surface area contributed by atoms with Crippen molar-refractivity contribution < 1.29 is 14.3 Å². The molecule has 2 atom stereocenters. The van der Waals surface area contributed by atoms with E-state index in [-0.39, 0.29) is 18.0 Å². The highest BCUT2D eigenvalue weighted by Gasteiger charge is 2.41. The molecule has 8 heteroatoms. The summed E-state index contributed by atoms with van der Waals surface area (Å²) in [7, 11) is 1.90. The lowest BCUT2D eigenvalue weighted by atomic mass is 9.69. The number of aryl methyl sites for hydroxylation is 3. The van der Waals surface area contributed by atoms with Crippen LogP contribution < -0.4 is 4.74 Å². The van der Waals surface area contributed by atoms with Gasteiger partial charge in [0.15, 0.2) is 0 Å². The highest BCUT2D eigenvalue weighted by Crippen LogP contribution is 2.44. The molecule has 3 heterocycles. The Bertz CT molecular complexity index is 1560. The van der Waals surface area contributed by atoms with Crippen molar-refractivity contribution >= 4 is 17.0 Å². The molecular formula is C33H41N5O3. The molecule has 4 aromatic rings. The molecular weight excluding hydrogens is 514 g/mol. The minimum Gasteiger partial charge on any atom is -0.489 e. The number of carbonyl (C=O) groups excluding carboxylic acids is 1. The number of carbonyl (C=O) groups is 1. The number of nitrogens with zero attached hydrogens (tertiary/aromatic N) is 5. The van der Waals surface area contributed by atoms with E-state index in [0.29, 0.717) is 6.61 Å². The molecule has 8 nitrogen and oxygen atoms in total. The second-order valence-corrected chi connectivity index (χ2v) is 11.7. The summed E-state index contributed by atoms with van der Waals surface area (Å²) in [5, 5.41) is 8.68. The van der Waals surface area contributed by atoms with E-state index >= 15 is 0 Å². The molecule has 1 aliphatic heterocycles.